The maximum absolute atomic E-state index is 10.4. The quantitative estimate of drug-likeness (QED) is 0.836. The average molecular weight is 213 g/mol. The van der Waals surface area contributed by atoms with Crippen molar-refractivity contribution in [2.45, 2.75) is 39.5 Å². The molecule has 4 heteroatoms. The fourth-order valence-corrected chi connectivity index (χ4v) is 2.13. The molecule has 0 radical (unpaired) electrons. The maximum Gasteiger partial charge on any atom is 0.303 e. The van der Waals surface area contributed by atoms with Gasteiger partial charge >= 0.3 is 5.97 Å². The summed E-state index contributed by atoms with van der Waals surface area (Å²) in [4.78, 5) is 16.0. The Labute approximate surface area is 87.8 Å². The first-order valence-corrected chi connectivity index (χ1v) is 5.50. The number of aryl methyl sites for hydroxylation is 2. The van der Waals surface area contributed by atoms with Gasteiger partial charge in [-0.15, -0.1) is 11.3 Å². The van der Waals surface area contributed by atoms with E-state index in [2.05, 4.69) is 18.8 Å². The van der Waals surface area contributed by atoms with Gasteiger partial charge < -0.3 is 5.11 Å². The van der Waals surface area contributed by atoms with Crippen LogP contribution in [0.25, 0.3) is 0 Å². The van der Waals surface area contributed by atoms with Crippen LogP contribution in [0.2, 0.25) is 0 Å². The van der Waals surface area contributed by atoms with E-state index in [1.165, 1.54) is 0 Å². The Kier molecular flexibility index (Phi) is 3.63. The molecular formula is C10H15NO2S. The molecule has 0 spiro atoms. The zero-order valence-electron chi connectivity index (χ0n) is 8.70. The van der Waals surface area contributed by atoms with E-state index >= 15 is 0 Å². The molecule has 1 N–H and O–H groups in total. The molecule has 14 heavy (non-hydrogen) atoms. The van der Waals surface area contributed by atoms with Gasteiger partial charge in [-0.3, -0.25) is 4.79 Å². The van der Waals surface area contributed by atoms with Crippen molar-refractivity contribution in [1.29, 1.82) is 0 Å². The van der Waals surface area contributed by atoms with Gasteiger partial charge in [0.05, 0.1) is 17.1 Å². The number of nitrogens with zero attached hydrogens (tertiary/aromatic N) is 1. The lowest BCUT2D eigenvalue weighted by Crippen LogP contribution is -1.99. The first-order valence-electron chi connectivity index (χ1n) is 4.68. The van der Waals surface area contributed by atoms with E-state index in [4.69, 9.17) is 5.11 Å². The molecule has 1 rings (SSSR count). The highest BCUT2D eigenvalue weighted by Crippen LogP contribution is 2.24. The lowest BCUT2D eigenvalue weighted by Gasteiger charge is -1.96. The van der Waals surface area contributed by atoms with Crippen LogP contribution in [-0.2, 0) is 11.2 Å². The number of carbonyl (C=O) groups is 1. The molecule has 0 aliphatic rings. The maximum atomic E-state index is 10.4. The van der Waals surface area contributed by atoms with Gasteiger partial charge in [0.25, 0.3) is 0 Å². The van der Waals surface area contributed by atoms with Crippen LogP contribution in [0, 0.1) is 6.92 Å². The summed E-state index contributed by atoms with van der Waals surface area (Å²) in [5, 5.41) is 9.66. The molecule has 0 fully saturated rings. The van der Waals surface area contributed by atoms with Gasteiger partial charge in [-0.2, -0.15) is 0 Å². The van der Waals surface area contributed by atoms with Gasteiger partial charge in [-0.05, 0) is 6.92 Å². The number of rotatable bonds is 4. The van der Waals surface area contributed by atoms with E-state index in [9.17, 15) is 4.79 Å². The SMILES string of the molecule is Cc1sc(C(C)C)nc1CCC(=O)O. The number of aromatic nitrogens is 1. The highest BCUT2D eigenvalue weighted by atomic mass is 32.1. The summed E-state index contributed by atoms with van der Waals surface area (Å²) in [5.74, 6) is -0.333. The molecule has 0 amide bonds. The number of aliphatic carboxylic acids is 1. The van der Waals surface area contributed by atoms with Crippen LogP contribution in [0.1, 0.15) is 41.8 Å². The van der Waals surface area contributed by atoms with E-state index in [0.29, 0.717) is 12.3 Å². The van der Waals surface area contributed by atoms with Crippen molar-refractivity contribution in [3.8, 4) is 0 Å². The molecule has 0 aliphatic carbocycles. The van der Waals surface area contributed by atoms with E-state index in [-0.39, 0.29) is 6.42 Å². The second kappa shape index (κ2) is 4.55. The molecule has 1 aromatic heterocycles. The minimum Gasteiger partial charge on any atom is -0.481 e. The molecule has 1 aromatic rings. The van der Waals surface area contributed by atoms with Crippen molar-refractivity contribution in [2.24, 2.45) is 0 Å². The van der Waals surface area contributed by atoms with Crippen LogP contribution in [0.4, 0.5) is 0 Å². The molecule has 0 aliphatic heterocycles. The molecule has 0 atom stereocenters. The first kappa shape index (κ1) is 11.2. The second-order valence-electron chi connectivity index (χ2n) is 3.60. The summed E-state index contributed by atoms with van der Waals surface area (Å²) in [6.07, 6.45) is 0.715. The van der Waals surface area contributed by atoms with Crippen LogP contribution in [0.15, 0.2) is 0 Å². The van der Waals surface area contributed by atoms with Crippen LogP contribution in [-0.4, -0.2) is 16.1 Å². The number of thiazole rings is 1. The Balaban J connectivity index is 2.72. The summed E-state index contributed by atoms with van der Waals surface area (Å²) in [6, 6.07) is 0. The minimum atomic E-state index is -0.761. The van der Waals surface area contributed by atoms with Crippen molar-refractivity contribution in [3.63, 3.8) is 0 Å². The number of carboxylic acid groups (broad SMARTS) is 1. The zero-order chi connectivity index (χ0) is 10.7. The summed E-state index contributed by atoms with van der Waals surface area (Å²) in [5.41, 5.74) is 0.945. The van der Waals surface area contributed by atoms with Gasteiger partial charge in [-0.25, -0.2) is 4.98 Å². The third-order valence-corrected chi connectivity index (χ3v) is 3.29. The molecule has 0 saturated carbocycles. The predicted octanol–water partition coefficient (Wildman–Crippen LogP) is 2.59. The molecule has 3 nitrogen and oxygen atoms in total. The fraction of sp³-hybridized carbons (Fsp3) is 0.600. The van der Waals surface area contributed by atoms with E-state index in [1.54, 1.807) is 11.3 Å². The Bertz CT molecular complexity index is 331. The molecule has 1 heterocycles. The lowest BCUT2D eigenvalue weighted by atomic mass is 10.2. The number of hydrogen-bond acceptors (Lipinski definition) is 3. The Hall–Kier alpha value is -0.900. The second-order valence-corrected chi connectivity index (χ2v) is 4.84. The van der Waals surface area contributed by atoms with Gasteiger partial charge in [0.15, 0.2) is 0 Å². The molecular weight excluding hydrogens is 198 g/mol. The monoisotopic (exact) mass is 213 g/mol. The van der Waals surface area contributed by atoms with Gasteiger partial charge in [0.1, 0.15) is 0 Å². The van der Waals surface area contributed by atoms with E-state index < -0.39 is 5.97 Å². The normalized spacial score (nSPS) is 10.9. The average Bonchev–Trinajstić information content (AvgIpc) is 2.43. The Morgan fingerprint density at radius 3 is 2.64 bits per heavy atom. The van der Waals surface area contributed by atoms with Crippen molar-refractivity contribution >= 4 is 17.3 Å². The third kappa shape index (κ3) is 2.80. The van der Waals surface area contributed by atoms with Crippen LogP contribution in [0.3, 0.4) is 0 Å². The summed E-state index contributed by atoms with van der Waals surface area (Å²) in [6.45, 7) is 6.19. The number of hydrogen-bond donors (Lipinski definition) is 1. The number of carboxylic acids is 1. The minimum absolute atomic E-state index is 0.169. The molecule has 0 aromatic carbocycles. The lowest BCUT2D eigenvalue weighted by molar-refractivity contribution is -0.136. The smallest absolute Gasteiger partial charge is 0.303 e. The highest BCUT2D eigenvalue weighted by molar-refractivity contribution is 7.11. The molecule has 0 bridgehead atoms. The highest BCUT2D eigenvalue weighted by Gasteiger charge is 2.11. The van der Waals surface area contributed by atoms with Crippen molar-refractivity contribution in [1.82, 2.24) is 4.98 Å². The Morgan fingerprint density at radius 1 is 1.57 bits per heavy atom. The largest absolute Gasteiger partial charge is 0.481 e. The van der Waals surface area contributed by atoms with Crippen molar-refractivity contribution in [2.75, 3.05) is 0 Å². The topological polar surface area (TPSA) is 50.2 Å². The van der Waals surface area contributed by atoms with Crippen molar-refractivity contribution < 1.29 is 9.90 Å². The third-order valence-electron chi connectivity index (χ3n) is 1.98. The molecule has 0 unspecified atom stereocenters. The van der Waals surface area contributed by atoms with Crippen molar-refractivity contribution in [3.05, 3.63) is 15.6 Å². The summed E-state index contributed by atoms with van der Waals surface area (Å²) >= 11 is 1.67. The van der Waals surface area contributed by atoms with Crippen LogP contribution < -0.4 is 0 Å². The summed E-state index contributed by atoms with van der Waals surface area (Å²) in [7, 11) is 0. The fourth-order valence-electron chi connectivity index (χ4n) is 1.15. The molecule has 0 saturated heterocycles. The van der Waals surface area contributed by atoms with Crippen LogP contribution in [0.5, 0.6) is 0 Å². The van der Waals surface area contributed by atoms with E-state index in [1.807, 2.05) is 6.92 Å². The van der Waals surface area contributed by atoms with Gasteiger partial charge in [0, 0.05) is 17.2 Å². The van der Waals surface area contributed by atoms with Gasteiger partial charge in [-0.1, -0.05) is 13.8 Å². The summed E-state index contributed by atoms with van der Waals surface area (Å²) < 4.78 is 0. The van der Waals surface area contributed by atoms with Gasteiger partial charge in [0.2, 0.25) is 0 Å². The van der Waals surface area contributed by atoms with E-state index in [0.717, 1.165) is 15.6 Å². The zero-order valence-corrected chi connectivity index (χ0v) is 9.52. The standard InChI is InChI=1S/C10H15NO2S/c1-6(2)10-11-8(7(3)14-10)4-5-9(12)13/h6H,4-5H2,1-3H3,(H,12,13). The Morgan fingerprint density at radius 2 is 2.21 bits per heavy atom. The van der Waals surface area contributed by atoms with Crippen LogP contribution >= 0.6 is 11.3 Å². The first-order chi connectivity index (χ1) is 6.50. The predicted molar refractivity (Wildman–Crippen MR) is 56.9 cm³/mol. The molecule has 78 valence electrons.